The number of aliphatic carboxylic acids is 1. The largest absolute Gasteiger partial charge is 0.480 e. The van der Waals surface area contributed by atoms with Gasteiger partial charge in [0.1, 0.15) is 0 Å². The summed E-state index contributed by atoms with van der Waals surface area (Å²) in [5.41, 5.74) is 0.620. The highest BCUT2D eigenvalue weighted by Crippen LogP contribution is 2.14. The number of benzene rings is 1. The van der Waals surface area contributed by atoms with Crippen molar-refractivity contribution in [2.75, 3.05) is 38.7 Å². The molecule has 0 spiro atoms. The second-order valence-corrected chi connectivity index (χ2v) is 4.91. The van der Waals surface area contributed by atoms with Gasteiger partial charge in [-0.05, 0) is 18.2 Å². The van der Waals surface area contributed by atoms with E-state index in [4.69, 9.17) is 21.4 Å². The van der Waals surface area contributed by atoms with Crippen LogP contribution in [0.2, 0.25) is 5.02 Å². The summed E-state index contributed by atoms with van der Waals surface area (Å²) in [7, 11) is 1.55. The number of methoxy groups -OCH3 is 1. The van der Waals surface area contributed by atoms with Crippen molar-refractivity contribution >= 4 is 29.2 Å². The van der Waals surface area contributed by atoms with Crippen molar-refractivity contribution < 1.29 is 19.4 Å². The van der Waals surface area contributed by atoms with Gasteiger partial charge >= 0.3 is 5.97 Å². The van der Waals surface area contributed by atoms with Crippen LogP contribution in [-0.2, 0) is 14.3 Å². The topological polar surface area (TPSA) is 78.9 Å². The highest BCUT2D eigenvalue weighted by atomic mass is 35.5. The molecule has 1 rings (SSSR count). The summed E-state index contributed by atoms with van der Waals surface area (Å²) >= 11 is 5.83. The molecule has 0 heterocycles. The highest BCUT2D eigenvalue weighted by Gasteiger charge is 2.11. The number of nitrogens with zero attached hydrogens (tertiary/aromatic N) is 1. The Bertz CT molecular complexity index is 482. The van der Waals surface area contributed by atoms with Gasteiger partial charge < -0.3 is 15.2 Å². The molecule has 21 heavy (non-hydrogen) atoms. The minimum atomic E-state index is -0.929. The van der Waals surface area contributed by atoms with E-state index in [1.807, 2.05) is 0 Å². The molecule has 2 N–H and O–H groups in total. The summed E-state index contributed by atoms with van der Waals surface area (Å²) in [5, 5.41) is 12.1. The standard InChI is InChI=1S/C14H19ClN2O4/c1-21-8-7-17(10-14(19)20)6-5-13(18)16-12-4-2-3-11(15)9-12/h2-4,9H,5-8,10H2,1H3,(H,16,18)(H,19,20). The van der Waals surface area contributed by atoms with Crippen LogP contribution in [0.4, 0.5) is 5.69 Å². The lowest BCUT2D eigenvalue weighted by atomic mass is 10.3. The fourth-order valence-corrected chi connectivity index (χ4v) is 1.92. The predicted octanol–water partition coefficient (Wildman–Crippen LogP) is 1.70. The molecule has 0 saturated heterocycles. The molecular formula is C14H19ClN2O4. The van der Waals surface area contributed by atoms with E-state index in [1.165, 1.54) is 0 Å². The number of amides is 1. The number of ether oxygens (including phenoxy) is 1. The van der Waals surface area contributed by atoms with Crippen LogP contribution in [0.25, 0.3) is 0 Å². The molecule has 1 aromatic carbocycles. The third-order valence-corrected chi connectivity index (χ3v) is 2.97. The first-order chi connectivity index (χ1) is 10.0. The SMILES string of the molecule is COCCN(CCC(=O)Nc1cccc(Cl)c1)CC(=O)O. The third kappa shape index (κ3) is 7.65. The molecule has 0 radical (unpaired) electrons. The van der Waals surface area contributed by atoms with Crippen molar-refractivity contribution in [1.29, 1.82) is 0 Å². The molecule has 0 aliphatic carbocycles. The smallest absolute Gasteiger partial charge is 0.317 e. The van der Waals surface area contributed by atoms with Gasteiger partial charge in [0, 0.05) is 37.3 Å². The lowest BCUT2D eigenvalue weighted by Gasteiger charge is -2.19. The maximum absolute atomic E-state index is 11.8. The van der Waals surface area contributed by atoms with Crippen molar-refractivity contribution in [1.82, 2.24) is 4.90 Å². The van der Waals surface area contributed by atoms with Crippen LogP contribution in [0.1, 0.15) is 6.42 Å². The van der Waals surface area contributed by atoms with Gasteiger partial charge in [-0.25, -0.2) is 0 Å². The van der Waals surface area contributed by atoms with Crippen LogP contribution in [0.5, 0.6) is 0 Å². The Kier molecular flexibility index (Phi) is 7.74. The molecule has 0 fully saturated rings. The third-order valence-electron chi connectivity index (χ3n) is 2.73. The molecule has 0 unspecified atom stereocenters. The van der Waals surface area contributed by atoms with Crippen LogP contribution >= 0.6 is 11.6 Å². The van der Waals surface area contributed by atoms with Gasteiger partial charge in [-0.1, -0.05) is 17.7 Å². The summed E-state index contributed by atoms with van der Waals surface area (Å²) in [6, 6.07) is 6.85. The summed E-state index contributed by atoms with van der Waals surface area (Å²) in [4.78, 5) is 24.2. The Balaban J connectivity index is 2.43. The first-order valence-corrected chi connectivity index (χ1v) is 6.87. The van der Waals surface area contributed by atoms with Gasteiger partial charge in [-0.3, -0.25) is 14.5 Å². The van der Waals surface area contributed by atoms with E-state index in [9.17, 15) is 9.59 Å². The first-order valence-electron chi connectivity index (χ1n) is 6.49. The van der Waals surface area contributed by atoms with E-state index < -0.39 is 5.97 Å². The van der Waals surface area contributed by atoms with E-state index in [-0.39, 0.29) is 18.9 Å². The number of carbonyl (C=O) groups is 2. The maximum Gasteiger partial charge on any atom is 0.317 e. The molecule has 0 aliphatic heterocycles. The summed E-state index contributed by atoms with van der Waals surface area (Å²) in [6.07, 6.45) is 0.198. The average Bonchev–Trinajstić information content (AvgIpc) is 2.41. The van der Waals surface area contributed by atoms with Gasteiger partial charge in [-0.15, -0.1) is 0 Å². The van der Waals surface area contributed by atoms with Crippen molar-refractivity contribution in [2.24, 2.45) is 0 Å². The summed E-state index contributed by atoms with van der Waals surface area (Å²) in [6.45, 7) is 1.12. The zero-order chi connectivity index (χ0) is 15.7. The van der Waals surface area contributed by atoms with E-state index in [2.05, 4.69) is 5.32 Å². The van der Waals surface area contributed by atoms with Crippen molar-refractivity contribution in [3.05, 3.63) is 29.3 Å². The van der Waals surface area contributed by atoms with Gasteiger partial charge in [-0.2, -0.15) is 0 Å². The number of anilines is 1. The number of nitrogens with one attached hydrogen (secondary N) is 1. The monoisotopic (exact) mass is 314 g/mol. The van der Waals surface area contributed by atoms with E-state index >= 15 is 0 Å². The molecule has 1 aromatic rings. The Morgan fingerprint density at radius 3 is 2.76 bits per heavy atom. The number of carboxylic acid groups (broad SMARTS) is 1. The number of rotatable bonds is 9. The number of hydrogen-bond acceptors (Lipinski definition) is 4. The molecule has 0 bridgehead atoms. The quantitative estimate of drug-likeness (QED) is 0.725. The van der Waals surface area contributed by atoms with Gasteiger partial charge in [0.25, 0.3) is 0 Å². The van der Waals surface area contributed by atoms with E-state index in [1.54, 1.807) is 36.3 Å². The molecular weight excluding hydrogens is 296 g/mol. The lowest BCUT2D eigenvalue weighted by Crippen LogP contribution is -2.35. The first kappa shape index (κ1) is 17.4. The molecule has 116 valence electrons. The van der Waals surface area contributed by atoms with Crippen molar-refractivity contribution in [2.45, 2.75) is 6.42 Å². The Morgan fingerprint density at radius 1 is 1.38 bits per heavy atom. The number of halogens is 1. The number of hydrogen-bond donors (Lipinski definition) is 2. The fourth-order valence-electron chi connectivity index (χ4n) is 1.73. The average molecular weight is 315 g/mol. The minimum absolute atomic E-state index is 0.117. The zero-order valence-electron chi connectivity index (χ0n) is 11.8. The van der Waals surface area contributed by atoms with Crippen LogP contribution in [0, 0.1) is 0 Å². The Morgan fingerprint density at radius 2 is 2.14 bits per heavy atom. The van der Waals surface area contributed by atoms with Gasteiger partial charge in [0.15, 0.2) is 0 Å². The highest BCUT2D eigenvalue weighted by molar-refractivity contribution is 6.30. The predicted molar refractivity (Wildman–Crippen MR) is 80.7 cm³/mol. The van der Waals surface area contributed by atoms with Crippen molar-refractivity contribution in [3.8, 4) is 0 Å². The Labute approximate surface area is 128 Å². The molecule has 0 aliphatic rings. The maximum atomic E-state index is 11.8. The van der Waals surface area contributed by atoms with Crippen LogP contribution in [0.15, 0.2) is 24.3 Å². The molecule has 7 heteroatoms. The van der Waals surface area contributed by atoms with Crippen LogP contribution in [0.3, 0.4) is 0 Å². The van der Waals surface area contributed by atoms with Gasteiger partial charge in [0.05, 0.1) is 13.2 Å². The number of carboxylic acids is 1. The molecule has 0 aromatic heterocycles. The second kappa shape index (κ2) is 9.33. The zero-order valence-corrected chi connectivity index (χ0v) is 12.6. The summed E-state index contributed by atoms with van der Waals surface area (Å²) in [5.74, 6) is -1.12. The second-order valence-electron chi connectivity index (χ2n) is 4.47. The summed E-state index contributed by atoms with van der Waals surface area (Å²) < 4.78 is 4.92. The van der Waals surface area contributed by atoms with Crippen LogP contribution in [-0.4, -0.2) is 55.2 Å². The van der Waals surface area contributed by atoms with Gasteiger partial charge in [0.2, 0.25) is 5.91 Å². The molecule has 6 nitrogen and oxygen atoms in total. The normalized spacial score (nSPS) is 10.6. The molecule has 0 saturated carbocycles. The minimum Gasteiger partial charge on any atom is -0.480 e. The molecule has 1 amide bonds. The van der Waals surface area contributed by atoms with Crippen LogP contribution < -0.4 is 5.32 Å². The van der Waals surface area contributed by atoms with Crippen molar-refractivity contribution in [3.63, 3.8) is 0 Å². The molecule has 0 atom stereocenters. The lowest BCUT2D eigenvalue weighted by molar-refractivity contribution is -0.138. The Hall–Kier alpha value is -1.63. The van der Waals surface area contributed by atoms with E-state index in [0.717, 1.165) is 0 Å². The van der Waals surface area contributed by atoms with E-state index in [0.29, 0.717) is 30.4 Å². The fraction of sp³-hybridized carbons (Fsp3) is 0.429. The number of carbonyl (C=O) groups excluding carboxylic acids is 1.